The number of carboxylic acid groups (broad SMARTS) is 2. The Morgan fingerprint density at radius 2 is 1.50 bits per heavy atom. The number of benzene rings is 1. The van der Waals surface area contributed by atoms with E-state index in [1.807, 2.05) is 20.8 Å². The third-order valence-corrected chi connectivity index (χ3v) is 2.25. The normalized spacial score (nSPS) is 11.1. The van der Waals surface area contributed by atoms with Crippen molar-refractivity contribution < 1.29 is 19.8 Å². The zero-order valence-corrected chi connectivity index (χ0v) is 10.7. The molecule has 0 atom stereocenters. The number of aromatic carboxylic acids is 2. The summed E-state index contributed by atoms with van der Waals surface area (Å²) in [5.74, 6) is -2.28. The fourth-order valence-corrected chi connectivity index (χ4v) is 1.34. The van der Waals surface area contributed by atoms with Gasteiger partial charge in [0, 0.05) is 12.2 Å². The van der Waals surface area contributed by atoms with Gasteiger partial charge >= 0.3 is 11.9 Å². The monoisotopic (exact) mass is 251 g/mol. The maximum absolute atomic E-state index is 10.9. The van der Waals surface area contributed by atoms with Crippen molar-refractivity contribution in [3.8, 4) is 0 Å². The van der Waals surface area contributed by atoms with E-state index in [2.05, 4.69) is 5.32 Å². The first-order chi connectivity index (χ1) is 8.19. The van der Waals surface area contributed by atoms with Crippen molar-refractivity contribution in [2.45, 2.75) is 20.8 Å². The third kappa shape index (κ3) is 4.08. The lowest BCUT2D eigenvalue weighted by Crippen LogP contribution is -2.19. The molecule has 0 aliphatic carbocycles. The Labute approximate surface area is 105 Å². The van der Waals surface area contributed by atoms with Gasteiger partial charge in [0.2, 0.25) is 0 Å². The van der Waals surface area contributed by atoms with Crippen molar-refractivity contribution in [2.75, 3.05) is 11.9 Å². The largest absolute Gasteiger partial charge is 0.478 e. The minimum absolute atomic E-state index is 0.0165. The highest BCUT2D eigenvalue weighted by atomic mass is 16.4. The Balaban J connectivity index is 3.04. The average molecular weight is 251 g/mol. The molecule has 0 bridgehead atoms. The van der Waals surface area contributed by atoms with E-state index in [9.17, 15) is 9.59 Å². The quantitative estimate of drug-likeness (QED) is 0.765. The van der Waals surface area contributed by atoms with E-state index in [4.69, 9.17) is 10.2 Å². The van der Waals surface area contributed by atoms with Crippen LogP contribution in [-0.4, -0.2) is 28.7 Å². The summed E-state index contributed by atoms with van der Waals surface area (Å²) < 4.78 is 0. The molecule has 98 valence electrons. The van der Waals surface area contributed by atoms with Crippen LogP contribution in [0.5, 0.6) is 0 Å². The van der Waals surface area contributed by atoms with E-state index in [1.54, 1.807) is 0 Å². The molecule has 0 aliphatic rings. The van der Waals surface area contributed by atoms with E-state index in [-0.39, 0.29) is 16.5 Å². The van der Waals surface area contributed by atoms with Gasteiger partial charge < -0.3 is 15.5 Å². The summed E-state index contributed by atoms with van der Waals surface area (Å²) in [5, 5.41) is 20.9. The van der Waals surface area contributed by atoms with E-state index >= 15 is 0 Å². The lowest BCUT2D eigenvalue weighted by molar-refractivity contribution is 0.0696. The average Bonchev–Trinajstić information content (AvgIpc) is 2.25. The Morgan fingerprint density at radius 3 is 1.83 bits per heavy atom. The fourth-order valence-electron chi connectivity index (χ4n) is 1.34. The first kappa shape index (κ1) is 14.0. The van der Waals surface area contributed by atoms with Crippen molar-refractivity contribution in [1.82, 2.24) is 0 Å². The molecule has 0 radical (unpaired) electrons. The molecule has 3 N–H and O–H groups in total. The molecule has 18 heavy (non-hydrogen) atoms. The van der Waals surface area contributed by atoms with E-state index in [1.165, 1.54) is 12.1 Å². The molecule has 0 saturated carbocycles. The molecule has 1 aromatic rings. The molecule has 0 amide bonds. The lowest BCUT2D eigenvalue weighted by Gasteiger charge is -2.20. The Hall–Kier alpha value is -2.04. The molecule has 0 fully saturated rings. The third-order valence-electron chi connectivity index (χ3n) is 2.25. The standard InChI is InChI=1S/C13H17NO4/c1-13(2,3)7-14-10-5-8(11(15)16)4-9(6-10)12(17)18/h4-6,14H,7H2,1-3H3,(H,15,16)(H,17,18). The summed E-state index contributed by atoms with van der Waals surface area (Å²) >= 11 is 0. The summed E-state index contributed by atoms with van der Waals surface area (Å²) in [7, 11) is 0. The van der Waals surface area contributed by atoms with Crippen molar-refractivity contribution in [2.24, 2.45) is 5.41 Å². The molecular formula is C13H17NO4. The Bertz CT molecular complexity index is 442. The van der Waals surface area contributed by atoms with E-state index in [0.717, 1.165) is 6.07 Å². The lowest BCUT2D eigenvalue weighted by atomic mass is 9.96. The van der Waals surface area contributed by atoms with Crippen LogP contribution in [0.15, 0.2) is 18.2 Å². The highest BCUT2D eigenvalue weighted by molar-refractivity contribution is 5.95. The van der Waals surface area contributed by atoms with Crippen molar-refractivity contribution in [3.05, 3.63) is 29.3 Å². The molecular weight excluding hydrogens is 234 g/mol. The van der Waals surface area contributed by atoms with Gasteiger partial charge in [-0.15, -0.1) is 0 Å². The van der Waals surface area contributed by atoms with E-state index in [0.29, 0.717) is 12.2 Å². The van der Waals surface area contributed by atoms with E-state index < -0.39 is 11.9 Å². The van der Waals surface area contributed by atoms with Gasteiger partial charge in [0.25, 0.3) is 0 Å². The summed E-state index contributed by atoms with van der Waals surface area (Å²) in [6, 6.07) is 4.01. The van der Waals surface area contributed by atoms with Crippen LogP contribution in [0.25, 0.3) is 0 Å². The van der Waals surface area contributed by atoms with Crippen LogP contribution in [0.1, 0.15) is 41.5 Å². The minimum Gasteiger partial charge on any atom is -0.478 e. The maximum atomic E-state index is 10.9. The van der Waals surface area contributed by atoms with Crippen LogP contribution in [0.3, 0.4) is 0 Å². The van der Waals surface area contributed by atoms with Gasteiger partial charge in [0.1, 0.15) is 0 Å². The van der Waals surface area contributed by atoms with Crippen LogP contribution in [0.4, 0.5) is 5.69 Å². The predicted octanol–water partition coefficient (Wildman–Crippen LogP) is 2.54. The molecule has 0 aliphatic heterocycles. The van der Waals surface area contributed by atoms with Crippen molar-refractivity contribution in [1.29, 1.82) is 0 Å². The molecule has 1 aromatic carbocycles. The number of anilines is 1. The molecule has 1 rings (SSSR count). The second kappa shape index (κ2) is 5.08. The molecule has 5 heteroatoms. The topological polar surface area (TPSA) is 86.6 Å². The zero-order chi connectivity index (χ0) is 13.9. The van der Waals surface area contributed by atoms with Gasteiger partial charge in [0.15, 0.2) is 0 Å². The highest BCUT2D eigenvalue weighted by Gasteiger charge is 2.13. The minimum atomic E-state index is -1.14. The van der Waals surface area contributed by atoms with Gasteiger partial charge in [-0.2, -0.15) is 0 Å². The molecule has 0 unspecified atom stereocenters. The van der Waals surface area contributed by atoms with Gasteiger partial charge in [-0.1, -0.05) is 20.8 Å². The number of rotatable bonds is 4. The second-order valence-electron chi connectivity index (χ2n) is 5.32. The molecule has 0 heterocycles. The van der Waals surface area contributed by atoms with Crippen LogP contribution >= 0.6 is 0 Å². The summed E-state index contributed by atoms with van der Waals surface area (Å²) in [6.45, 7) is 6.70. The van der Waals surface area contributed by atoms with Crippen molar-refractivity contribution in [3.63, 3.8) is 0 Å². The first-order valence-electron chi connectivity index (χ1n) is 5.54. The van der Waals surface area contributed by atoms with Gasteiger partial charge in [-0.25, -0.2) is 9.59 Å². The Morgan fingerprint density at radius 1 is 1.06 bits per heavy atom. The number of hydrogen-bond acceptors (Lipinski definition) is 3. The fraction of sp³-hybridized carbons (Fsp3) is 0.385. The van der Waals surface area contributed by atoms with Crippen LogP contribution in [0.2, 0.25) is 0 Å². The van der Waals surface area contributed by atoms with Crippen LogP contribution < -0.4 is 5.32 Å². The van der Waals surface area contributed by atoms with Crippen LogP contribution in [-0.2, 0) is 0 Å². The van der Waals surface area contributed by atoms with Crippen LogP contribution in [0, 0.1) is 5.41 Å². The molecule has 0 saturated heterocycles. The highest BCUT2D eigenvalue weighted by Crippen LogP contribution is 2.19. The van der Waals surface area contributed by atoms with Gasteiger partial charge in [-0.05, 0) is 23.6 Å². The maximum Gasteiger partial charge on any atom is 0.335 e. The zero-order valence-electron chi connectivity index (χ0n) is 10.7. The molecule has 0 aromatic heterocycles. The predicted molar refractivity (Wildman–Crippen MR) is 68.3 cm³/mol. The molecule has 5 nitrogen and oxygen atoms in total. The summed E-state index contributed by atoms with van der Waals surface area (Å²) in [5.41, 5.74) is 0.447. The first-order valence-corrected chi connectivity index (χ1v) is 5.54. The summed E-state index contributed by atoms with van der Waals surface area (Å²) in [6.07, 6.45) is 0. The van der Waals surface area contributed by atoms with Gasteiger partial charge in [-0.3, -0.25) is 0 Å². The number of carboxylic acids is 2. The van der Waals surface area contributed by atoms with Gasteiger partial charge in [0.05, 0.1) is 11.1 Å². The van der Waals surface area contributed by atoms with Crippen molar-refractivity contribution >= 4 is 17.6 Å². The number of carbonyl (C=O) groups is 2. The number of nitrogens with one attached hydrogen (secondary N) is 1. The number of hydrogen-bond donors (Lipinski definition) is 3. The SMILES string of the molecule is CC(C)(C)CNc1cc(C(=O)O)cc(C(=O)O)c1. The smallest absolute Gasteiger partial charge is 0.335 e. The molecule has 0 spiro atoms. The Kier molecular flexibility index (Phi) is 3.96. The summed E-state index contributed by atoms with van der Waals surface area (Å²) in [4.78, 5) is 21.8. The second-order valence-corrected chi connectivity index (χ2v) is 5.32.